The van der Waals surface area contributed by atoms with E-state index in [0.29, 0.717) is 43.2 Å². The second kappa shape index (κ2) is 8.05. The van der Waals surface area contributed by atoms with Crippen LogP contribution >= 0.6 is 11.3 Å². The summed E-state index contributed by atoms with van der Waals surface area (Å²) >= 11 is 1.27. The standard InChI is InChI=1S/C25H20N2O2S/c1-15-20(16(2)28)19(14-13-17-9-5-3-6-10-17)21-22(26)24(30-25(21)27-15)23(29)18-11-7-4-8-12-18/h3-14H,26H2,1-2H3. The molecule has 0 atom stereocenters. The van der Waals surface area contributed by atoms with Crippen LogP contribution in [0.2, 0.25) is 0 Å². The summed E-state index contributed by atoms with van der Waals surface area (Å²) in [4.78, 5) is 31.2. The summed E-state index contributed by atoms with van der Waals surface area (Å²) in [5.41, 5.74) is 10.3. The van der Waals surface area contributed by atoms with E-state index in [-0.39, 0.29) is 11.6 Å². The lowest BCUT2D eigenvalue weighted by atomic mass is 9.97. The van der Waals surface area contributed by atoms with Crippen LogP contribution in [0.3, 0.4) is 0 Å². The number of pyridine rings is 1. The first kappa shape index (κ1) is 19.7. The van der Waals surface area contributed by atoms with Crippen molar-refractivity contribution in [1.82, 2.24) is 4.98 Å². The van der Waals surface area contributed by atoms with Crippen LogP contribution in [-0.4, -0.2) is 16.6 Å². The number of Topliss-reactive ketones (excluding diaryl/α,β-unsaturated/α-hetero) is 1. The van der Waals surface area contributed by atoms with Gasteiger partial charge in [0, 0.05) is 16.5 Å². The Morgan fingerprint density at radius 1 is 0.967 bits per heavy atom. The zero-order chi connectivity index (χ0) is 21.3. The quantitative estimate of drug-likeness (QED) is 0.421. The molecule has 4 nitrogen and oxygen atoms in total. The van der Waals surface area contributed by atoms with Gasteiger partial charge in [0.15, 0.2) is 5.78 Å². The Morgan fingerprint density at radius 3 is 2.23 bits per heavy atom. The summed E-state index contributed by atoms with van der Waals surface area (Å²) in [6.45, 7) is 3.33. The molecule has 0 fully saturated rings. The molecule has 0 unspecified atom stereocenters. The Morgan fingerprint density at radius 2 is 1.60 bits per heavy atom. The summed E-state index contributed by atoms with van der Waals surface area (Å²) in [7, 11) is 0. The summed E-state index contributed by atoms with van der Waals surface area (Å²) in [6.07, 6.45) is 3.83. The van der Waals surface area contributed by atoms with Crippen molar-refractivity contribution in [2.45, 2.75) is 13.8 Å². The lowest BCUT2D eigenvalue weighted by molar-refractivity contribution is 0.101. The number of aryl methyl sites for hydroxylation is 1. The predicted octanol–water partition coefficient (Wildman–Crippen LogP) is 5.79. The minimum absolute atomic E-state index is 0.0869. The highest BCUT2D eigenvalue weighted by Gasteiger charge is 2.24. The van der Waals surface area contributed by atoms with E-state index in [9.17, 15) is 9.59 Å². The third-order valence-corrected chi connectivity index (χ3v) is 6.03. The Hall–Kier alpha value is -3.57. The van der Waals surface area contributed by atoms with Crippen LogP contribution in [0.5, 0.6) is 0 Å². The largest absolute Gasteiger partial charge is 0.397 e. The number of fused-ring (bicyclic) bond motifs is 1. The van der Waals surface area contributed by atoms with Gasteiger partial charge in [-0.2, -0.15) is 0 Å². The highest BCUT2D eigenvalue weighted by atomic mass is 32.1. The van der Waals surface area contributed by atoms with Gasteiger partial charge >= 0.3 is 0 Å². The van der Waals surface area contributed by atoms with Gasteiger partial charge in [-0.3, -0.25) is 9.59 Å². The molecule has 0 spiro atoms. The molecule has 30 heavy (non-hydrogen) atoms. The van der Waals surface area contributed by atoms with Gasteiger partial charge in [0.2, 0.25) is 5.78 Å². The van der Waals surface area contributed by atoms with Crippen LogP contribution in [0.25, 0.3) is 22.4 Å². The van der Waals surface area contributed by atoms with E-state index in [2.05, 4.69) is 4.98 Å². The topological polar surface area (TPSA) is 73.0 Å². The zero-order valence-corrected chi connectivity index (χ0v) is 17.5. The van der Waals surface area contributed by atoms with Crippen LogP contribution in [0.1, 0.15) is 49.3 Å². The van der Waals surface area contributed by atoms with Crippen molar-refractivity contribution in [2.24, 2.45) is 0 Å². The monoisotopic (exact) mass is 412 g/mol. The van der Waals surface area contributed by atoms with Gasteiger partial charge in [-0.25, -0.2) is 4.98 Å². The number of nitrogens with zero attached hydrogens (tertiary/aromatic N) is 1. The fourth-order valence-electron chi connectivity index (χ4n) is 3.54. The normalized spacial score (nSPS) is 11.3. The Bertz CT molecular complexity index is 1290. The molecule has 4 aromatic rings. The van der Waals surface area contributed by atoms with E-state index < -0.39 is 0 Å². The molecule has 0 amide bonds. The fourth-order valence-corrected chi connectivity index (χ4v) is 4.66. The van der Waals surface area contributed by atoms with Crippen molar-refractivity contribution in [3.05, 3.63) is 93.5 Å². The molecule has 0 aliphatic rings. The summed E-state index contributed by atoms with van der Waals surface area (Å²) in [5, 5.41) is 0.655. The molecule has 0 aliphatic heterocycles. The number of carbonyl (C=O) groups excluding carboxylic acids is 2. The van der Waals surface area contributed by atoms with E-state index in [1.807, 2.05) is 67.6 Å². The molecule has 4 rings (SSSR count). The van der Waals surface area contributed by atoms with Crippen LogP contribution < -0.4 is 5.73 Å². The van der Waals surface area contributed by atoms with E-state index in [0.717, 1.165) is 5.56 Å². The van der Waals surface area contributed by atoms with E-state index in [1.165, 1.54) is 18.3 Å². The van der Waals surface area contributed by atoms with Crippen molar-refractivity contribution in [3.8, 4) is 0 Å². The number of hydrogen-bond acceptors (Lipinski definition) is 5. The van der Waals surface area contributed by atoms with Crippen LogP contribution in [0, 0.1) is 6.92 Å². The molecule has 2 N–H and O–H groups in total. The molecule has 2 aromatic heterocycles. The van der Waals surface area contributed by atoms with Gasteiger partial charge in [-0.1, -0.05) is 72.8 Å². The number of benzene rings is 2. The maximum absolute atomic E-state index is 13.0. The number of ketones is 2. The number of hydrogen-bond donors (Lipinski definition) is 1. The predicted molar refractivity (Wildman–Crippen MR) is 124 cm³/mol. The van der Waals surface area contributed by atoms with Crippen LogP contribution in [0.15, 0.2) is 60.7 Å². The molecule has 0 saturated carbocycles. The van der Waals surface area contributed by atoms with Crippen molar-refractivity contribution in [2.75, 3.05) is 5.73 Å². The number of rotatable bonds is 5. The minimum Gasteiger partial charge on any atom is -0.397 e. The van der Waals surface area contributed by atoms with Gasteiger partial charge < -0.3 is 5.73 Å². The third kappa shape index (κ3) is 3.55. The first-order valence-corrected chi connectivity index (χ1v) is 10.4. The van der Waals surface area contributed by atoms with Gasteiger partial charge in [0.1, 0.15) is 9.71 Å². The van der Waals surface area contributed by atoms with E-state index in [4.69, 9.17) is 5.73 Å². The van der Waals surface area contributed by atoms with Crippen LogP contribution in [-0.2, 0) is 0 Å². The number of anilines is 1. The van der Waals surface area contributed by atoms with Crippen molar-refractivity contribution < 1.29 is 9.59 Å². The third-order valence-electron chi connectivity index (χ3n) is 4.93. The number of nitrogen functional groups attached to an aromatic ring is 1. The molecule has 2 heterocycles. The molecule has 0 bridgehead atoms. The Kier molecular flexibility index (Phi) is 5.29. The van der Waals surface area contributed by atoms with Gasteiger partial charge in [-0.15, -0.1) is 11.3 Å². The van der Waals surface area contributed by atoms with Gasteiger partial charge in [0.05, 0.1) is 11.4 Å². The van der Waals surface area contributed by atoms with Gasteiger partial charge in [0.25, 0.3) is 0 Å². The maximum Gasteiger partial charge on any atom is 0.205 e. The average molecular weight is 413 g/mol. The first-order valence-electron chi connectivity index (χ1n) is 9.53. The number of carbonyl (C=O) groups is 2. The SMILES string of the molecule is CC(=O)c1c(C)nc2sc(C(=O)c3ccccc3)c(N)c2c1C=Cc1ccccc1. The van der Waals surface area contributed by atoms with Crippen molar-refractivity contribution >= 4 is 51.0 Å². The van der Waals surface area contributed by atoms with Crippen molar-refractivity contribution in [3.63, 3.8) is 0 Å². The Labute approximate surface area is 178 Å². The minimum atomic E-state index is -0.142. The number of thiophene rings is 1. The molecule has 2 aromatic carbocycles. The molecular weight excluding hydrogens is 392 g/mol. The maximum atomic E-state index is 13.0. The molecule has 5 heteroatoms. The molecular formula is C25H20N2O2S. The van der Waals surface area contributed by atoms with Gasteiger partial charge in [-0.05, 0) is 25.0 Å². The summed E-state index contributed by atoms with van der Waals surface area (Å²) < 4.78 is 0. The summed E-state index contributed by atoms with van der Waals surface area (Å²) in [6, 6.07) is 18.9. The lowest BCUT2D eigenvalue weighted by Gasteiger charge is -2.09. The molecule has 0 saturated heterocycles. The van der Waals surface area contributed by atoms with Crippen LogP contribution in [0.4, 0.5) is 5.69 Å². The fraction of sp³-hybridized carbons (Fsp3) is 0.0800. The highest BCUT2D eigenvalue weighted by molar-refractivity contribution is 7.21. The second-order valence-corrected chi connectivity index (χ2v) is 8.01. The van der Waals surface area contributed by atoms with Crippen molar-refractivity contribution in [1.29, 1.82) is 0 Å². The smallest absolute Gasteiger partial charge is 0.205 e. The average Bonchev–Trinajstić information content (AvgIpc) is 3.08. The Balaban J connectivity index is 1.95. The molecule has 148 valence electrons. The first-order chi connectivity index (χ1) is 14.5. The van der Waals surface area contributed by atoms with E-state index in [1.54, 1.807) is 12.1 Å². The zero-order valence-electron chi connectivity index (χ0n) is 16.7. The molecule has 0 aliphatic carbocycles. The molecule has 0 radical (unpaired) electrons. The second-order valence-electron chi connectivity index (χ2n) is 7.01. The number of aromatic nitrogens is 1. The summed E-state index contributed by atoms with van der Waals surface area (Å²) in [5.74, 6) is -0.229. The number of nitrogens with two attached hydrogens (primary N) is 1. The lowest BCUT2D eigenvalue weighted by Crippen LogP contribution is -2.04. The highest BCUT2D eigenvalue weighted by Crippen LogP contribution is 2.39. The van der Waals surface area contributed by atoms with E-state index >= 15 is 0 Å².